The summed E-state index contributed by atoms with van der Waals surface area (Å²) in [5, 5.41) is 32.6. The number of methoxy groups -OCH3 is 1. The number of aromatic hydroxyl groups is 1. The van der Waals surface area contributed by atoms with Crippen LogP contribution in [0.25, 0.3) is 0 Å². The van der Waals surface area contributed by atoms with Crippen molar-refractivity contribution in [3.8, 4) is 17.2 Å². The number of carbonyl (C=O) groups excluding carboxylic acids is 2. The van der Waals surface area contributed by atoms with Gasteiger partial charge in [-0.3, -0.25) is 9.69 Å². The van der Waals surface area contributed by atoms with Crippen molar-refractivity contribution in [2.75, 3.05) is 54.0 Å². The fourth-order valence-corrected chi connectivity index (χ4v) is 7.13. The molecule has 2 unspecified atom stereocenters. The predicted molar refractivity (Wildman–Crippen MR) is 229 cm³/mol. The van der Waals surface area contributed by atoms with Crippen LogP contribution in [-0.4, -0.2) is 103 Å². The van der Waals surface area contributed by atoms with Crippen molar-refractivity contribution in [3.63, 3.8) is 0 Å². The number of esters is 2. The first-order valence-electron chi connectivity index (χ1n) is 22.6. The Labute approximate surface area is 342 Å². The number of hydrogen-bond donors (Lipinski definition) is 3. The van der Waals surface area contributed by atoms with Crippen molar-refractivity contribution >= 4 is 11.9 Å². The van der Waals surface area contributed by atoms with Gasteiger partial charge in [-0.15, -0.1) is 0 Å². The number of aliphatic hydroxyl groups excluding tert-OH is 2. The Morgan fingerprint density at radius 3 is 1.59 bits per heavy atom. The van der Waals surface area contributed by atoms with E-state index in [-0.39, 0.29) is 35.8 Å². The highest BCUT2D eigenvalue weighted by Gasteiger charge is 2.21. The normalized spacial score (nSPS) is 12.7. The molecule has 0 spiro atoms. The average Bonchev–Trinajstić information content (AvgIpc) is 3.17. The number of hydrogen-bond acceptors (Lipinski definition) is 10. The second-order valence-electron chi connectivity index (χ2n) is 16.3. The zero-order valence-electron chi connectivity index (χ0n) is 36.5. The lowest BCUT2D eigenvalue weighted by atomic mass is 10.0. The van der Waals surface area contributed by atoms with Gasteiger partial charge in [0.25, 0.3) is 0 Å². The molecule has 0 aliphatic carbocycles. The second-order valence-corrected chi connectivity index (χ2v) is 16.3. The summed E-state index contributed by atoms with van der Waals surface area (Å²) in [4.78, 5) is 29.5. The Bertz CT molecular complexity index is 1080. The molecule has 56 heavy (non-hydrogen) atoms. The van der Waals surface area contributed by atoms with Gasteiger partial charge in [0.2, 0.25) is 5.75 Å². The minimum atomic E-state index is -0.595. The van der Waals surface area contributed by atoms with Crippen LogP contribution in [0.5, 0.6) is 17.2 Å². The first-order valence-corrected chi connectivity index (χ1v) is 22.6. The molecule has 1 aromatic carbocycles. The number of carbonyl (C=O) groups is 2. The summed E-state index contributed by atoms with van der Waals surface area (Å²) < 4.78 is 16.1. The molecule has 0 heterocycles. The lowest BCUT2D eigenvalue weighted by molar-refractivity contribution is -0.134. The lowest BCUT2D eigenvalue weighted by Crippen LogP contribution is -2.38. The van der Waals surface area contributed by atoms with Crippen molar-refractivity contribution in [2.24, 2.45) is 0 Å². The minimum absolute atomic E-state index is 0.0672. The third-order valence-electron chi connectivity index (χ3n) is 10.5. The molecule has 0 aromatic heterocycles. The van der Waals surface area contributed by atoms with E-state index < -0.39 is 24.1 Å². The van der Waals surface area contributed by atoms with Crippen LogP contribution in [0.15, 0.2) is 12.1 Å². The fourth-order valence-electron chi connectivity index (χ4n) is 7.13. The van der Waals surface area contributed by atoms with Gasteiger partial charge in [-0.25, -0.2) is 4.79 Å². The highest BCUT2D eigenvalue weighted by Crippen LogP contribution is 2.38. The van der Waals surface area contributed by atoms with Crippen LogP contribution < -0.4 is 9.47 Å². The zero-order chi connectivity index (χ0) is 41.2. The molecule has 0 bridgehead atoms. The number of aliphatic hydroxyl groups is 2. The van der Waals surface area contributed by atoms with Gasteiger partial charge in [0.05, 0.1) is 31.5 Å². The van der Waals surface area contributed by atoms with E-state index in [4.69, 9.17) is 14.2 Å². The summed E-state index contributed by atoms with van der Waals surface area (Å²) in [6.45, 7) is 7.18. The molecule has 0 aliphatic heterocycles. The van der Waals surface area contributed by atoms with E-state index in [0.29, 0.717) is 38.9 Å². The van der Waals surface area contributed by atoms with Gasteiger partial charge in [0, 0.05) is 26.1 Å². The number of rotatable bonds is 38. The maximum Gasteiger partial charge on any atom is 0.338 e. The maximum absolute atomic E-state index is 12.8. The topological polar surface area (TPSA) is 129 Å². The summed E-state index contributed by atoms with van der Waals surface area (Å²) in [6.07, 6.45) is 27.8. The third kappa shape index (κ3) is 27.3. The van der Waals surface area contributed by atoms with Crippen LogP contribution in [0.3, 0.4) is 0 Å². The van der Waals surface area contributed by atoms with E-state index in [1.54, 1.807) is 0 Å². The summed E-state index contributed by atoms with van der Waals surface area (Å²) in [7, 11) is 5.26. The van der Waals surface area contributed by atoms with Crippen LogP contribution in [0.2, 0.25) is 0 Å². The second kappa shape index (κ2) is 34.6. The molecule has 0 aliphatic rings. The molecule has 10 heteroatoms. The Hall–Kier alpha value is -2.40. The van der Waals surface area contributed by atoms with Gasteiger partial charge in [-0.1, -0.05) is 142 Å². The van der Waals surface area contributed by atoms with Crippen LogP contribution in [-0.2, 0) is 9.53 Å². The van der Waals surface area contributed by atoms with Gasteiger partial charge >= 0.3 is 11.9 Å². The van der Waals surface area contributed by atoms with Gasteiger partial charge < -0.3 is 34.4 Å². The Morgan fingerprint density at radius 2 is 1.12 bits per heavy atom. The van der Waals surface area contributed by atoms with Crippen LogP contribution in [0, 0.1) is 0 Å². The number of nitrogens with zero attached hydrogens (tertiary/aromatic N) is 2. The predicted octanol–water partition coefficient (Wildman–Crippen LogP) is 10.2. The summed E-state index contributed by atoms with van der Waals surface area (Å²) in [5.74, 6) is -1.56. The minimum Gasteiger partial charge on any atom is -0.504 e. The number of benzene rings is 1. The average molecular weight is 793 g/mol. The first-order chi connectivity index (χ1) is 27.1. The molecule has 0 saturated carbocycles. The molecule has 0 radical (unpaired) electrons. The molecule has 0 saturated heterocycles. The molecular weight excluding hydrogens is 709 g/mol. The molecule has 0 fully saturated rings. The van der Waals surface area contributed by atoms with E-state index in [1.807, 2.05) is 19.0 Å². The maximum atomic E-state index is 12.8. The van der Waals surface area contributed by atoms with Crippen molar-refractivity contribution in [2.45, 2.75) is 193 Å². The zero-order valence-corrected chi connectivity index (χ0v) is 36.5. The number of ether oxygens (including phenoxy) is 3. The van der Waals surface area contributed by atoms with Gasteiger partial charge in [-0.2, -0.15) is 0 Å². The molecule has 326 valence electrons. The molecule has 10 nitrogen and oxygen atoms in total. The SMILES string of the molecule is CCCCCCCCCCCCC(O)CN(CCCCC(=O)Oc1c(O)cc(C(=O)OCCCN(C)C)cc1OC)CC(O)CCCCCCCCCCCC. The summed E-state index contributed by atoms with van der Waals surface area (Å²) in [5.41, 5.74) is 0.106. The van der Waals surface area contributed by atoms with Crippen molar-refractivity contribution in [1.82, 2.24) is 9.80 Å². The number of unbranched alkanes of at least 4 members (excludes halogenated alkanes) is 19. The number of phenolic OH excluding ortho intramolecular Hbond substituents is 1. The largest absolute Gasteiger partial charge is 0.504 e. The van der Waals surface area contributed by atoms with E-state index >= 15 is 0 Å². The molecule has 0 amide bonds. The quantitative estimate of drug-likeness (QED) is 0.0338. The summed E-state index contributed by atoms with van der Waals surface area (Å²) in [6, 6.07) is 2.62. The molecule has 2 atom stereocenters. The smallest absolute Gasteiger partial charge is 0.338 e. The standard InChI is InChI=1S/C46H84N2O8/c1-6-8-10-12-14-16-18-20-22-24-29-40(49)37-48(38-41(50)30-25-23-21-19-17-15-13-11-9-7-2)33-27-26-31-44(52)56-45-42(51)35-39(36-43(45)54-5)46(53)55-34-28-32-47(3)4/h35-36,40-41,49-51H,6-34,37-38H2,1-5H3. The fraction of sp³-hybridized carbons (Fsp3) is 0.826. The Kier molecular flexibility index (Phi) is 31.9. The van der Waals surface area contributed by atoms with Crippen molar-refractivity contribution in [3.05, 3.63) is 17.7 Å². The molecule has 1 aromatic rings. The van der Waals surface area contributed by atoms with Crippen LogP contribution in [0.1, 0.15) is 191 Å². The van der Waals surface area contributed by atoms with Gasteiger partial charge in [0.15, 0.2) is 11.5 Å². The van der Waals surface area contributed by atoms with Gasteiger partial charge in [-0.05, 0) is 64.9 Å². The number of phenols is 1. The van der Waals surface area contributed by atoms with E-state index in [1.165, 1.54) is 122 Å². The monoisotopic (exact) mass is 793 g/mol. The van der Waals surface area contributed by atoms with Crippen LogP contribution in [0.4, 0.5) is 0 Å². The highest BCUT2D eigenvalue weighted by atomic mass is 16.6. The van der Waals surface area contributed by atoms with Crippen LogP contribution >= 0.6 is 0 Å². The van der Waals surface area contributed by atoms with E-state index in [2.05, 4.69) is 18.7 Å². The Morgan fingerprint density at radius 1 is 0.643 bits per heavy atom. The molecular formula is C46H84N2O8. The molecule has 3 N–H and O–H groups in total. The third-order valence-corrected chi connectivity index (χ3v) is 10.5. The van der Waals surface area contributed by atoms with Crippen molar-refractivity contribution in [1.29, 1.82) is 0 Å². The Balaban J connectivity index is 2.59. The van der Waals surface area contributed by atoms with Gasteiger partial charge in [0.1, 0.15) is 0 Å². The van der Waals surface area contributed by atoms with E-state index in [9.17, 15) is 24.9 Å². The first kappa shape index (κ1) is 51.6. The lowest BCUT2D eigenvalue weighted by Gasteiger charge is -2.27. The summed E-state index contributed by atoms with van der Waals surface area (Å²) >= 11 is 0. The van der Waals surface area contributed by atoms with E-state index in [0.717, 1.165) is 45.1 Å². The highest BCUT2D eigenvalue weighted by molar-refractivity contribution is 5.91. The molecule has 1 rings (SSSR count). The van der Waals surface area contributed by atoms with Crippen molar-refractivity contribution < 1.29 is 39.1 Å².